The number of nitrogens with one attached hydrogen (secondary N) is 1. The zero-order chi connectivity index (χ0) is 17.1. The van der Waals surface area contributed by atoms with Crippen molar-refractivity contribution in [3.05, 3.63) is 64.5 Å². The molecule has 0 saturated heterocycles. The number of aromatic carboxylic acids is 1. The molecule has 0 spiro atoms. The quantitative estimate of drug-likeness (QED) is 0.296. The smallest absolute Gasteiger partial charge is 0.335 e. The summed E-state index contributed by atoms with van der Waals surface area (Å²) < 4.78 is 65.5. The number of anilines is 1. The summed E-state index contributed by atoms with van der Waals surface area (Å²) in [7, 11) is 0. The third kappa shape index (κ3) is 3.28. The summed E-state index contributed by atoms with van der Waals surface area (Å²) in [5.74, 6) is -11.6. The van der Waals surface area contributed by atoms with Gasteiger partial charge in [-0.3, -0.25) is 5.43 Å². The minimum absolute atomic E-state index is 0.000653. The Bertz CT molecular complexity index is 762. The lowest BCUT2D eigenvalue weighted by molar-refractivity contribution is 0.0697. The van der Waals surface area contributed by atoms with Crippen LogP contribution in [0.2, 0.25) is 0 Å². The van der Waals surface area contributed by atoms with Gasteiger partial charge in [-0.2, -0.15) is 5.10 Å². The van der Waals surface area contributed by atoms with Crippen LogP contribution >= 0.6 is 0 Å². The minimum atomic E-state index is -2.26. The number of hydrogen-bond acceptors (Lipinski definition) is 3. The highest BCUT2D eigenvalue weighted by Crippen LogP contribution is 2.21. The van der Waals surface area contributed by atoms with Crippen molar-refractivity contribution < 1.29 is 31.9 Å². The van der Waals surface area contributed by atoms with E-state index in [1.807, 2.05) is 0 Å². The number of nitrogens with zero attached hydrogens (tertiary/aromatic N) is 1. The minimum Gasteiger partial charge on any atom is -0.478 e. The lowest BCUT2D eigenvalue weighted by atomic mass is 10.2. The van der Waals surface area contributed by atoms with Gasteiger partial charge >= 0.3 is 5.97 Å². The van der Waals surface area contributed by atoms with E-state index in [1.165, 1.54) is 24.3 Å². The molecule has 0 unspecified atom stereocenters. The lowest BCUT2D eigenvalue weighted by Crippen LogP contribution is -2.07. The van der Waals surface area contributed by atoms with E-state index in [9.17, 15) is 26.7 Å². The van der Waals surface area contributed by atoms with Crippen LogP contribution in [0.1, 0.15) is 15.9 Å². The Balaban J connectivity index is 2.23. The van der Waals surface area contributed by atoms with Crippen LogP contribution in [-0.2, 0) is 0 Å². The van der Waals surface area contributed by atoms with Crippen LogP contribution in [0.3, 0.4) is 0 Å². The molecule has 0 heterocycles. The topological polar surface area (TPSA) is 61.7 Å². The fraction of sp³-hybridized carbons (Fsp3) is 0. The maximum Gasteiger partial charge on any atom is 0.335 e. The van der Waals surface area contributed by atoms with E-state index in [2.05, 4.69) is 10.5 Å². The van der Waals surface area contributed by atoms with Crippen LogP contribution in [0, 0.1) is 29.1 Å². The average molecular weight is 330 g/mol. The second-order valence-corrected chi connectivity index (χ2v) is 4.24. The molecule has 23 heavy (non-hydrogen) atoms. The molecule has 0 radical (unpaired) electrons. The first-order valence-electron chi connectivity index (χ1n) is 5.96. The van der Waals surface area contributed by atoms with Gasteiger partial charge in [-0.05, 0) is 24.3 Å². The zero-order valence-corrected chi connectivity index (χ0v) is 11.1. The number of carboxylic acid groups (broad SMARTS) is 1. The Morgan fingerprint density at radius 3 is 1.87 bits per heavy atom. The molecule has 0 bridgehead atoms. The summed E-state index contributed by atoms with van der Waals surface area (Å²) in [6.07, 6.45) is 0.432. The molecule has 120 valence electrons. The number of halogens is 5. The van der Waals surface area contributed by atoms with Crippen LogP contribution in [0.15, 0.2) is 29.4 Å². The third-order valence-corrected chi connectivity index (χ3v) is 2.76. The van der Waals surface area contributed by atoms with Gasteiger partial charge in [-0.25, -0.2) is 26.7 Å². The molecule has 2 aromatic carbocycles. The van der Waals surface area contributed by atoms with E-state index in [1.54, 1.807) is 0 Å². The van der Waals surface area contributed by atoms with E-state index in [-0.39, 0.29) is 11.3 Å². The monoisotopic (exact) mass is 330 g/mol. The van der Waals surface area contributed by atoms with Crippen LogP contribution in [0.5, 0.6) is 0 Å². The molecule has 4 nitrogen and oxygen atoms in total. The van der Waals surface area contributed by atoms with Gasteiger partial charge < -0.3 is 5.11 Å². The maximum absolute atomic E-state index is 13.4. The average Bonchev–Trinajstić information content (AvgIpc) is 2.54. The standard InChI is InChI=1S/C14H7F5N2O2/c15-9-8(10(16)12(18)13(19)11(9)17)5-20-21-7-3-1-6(2-4-7)14(22)23/h1-5,21H,(H,22,23). The van der Waals surface area contributed by atoms with Gasteiger partial charge in [-0.15, -0.1) is 0 Å². The molecule has 0 amide bonds. The van der Waals surface area contributed by atoms with Gasteiger partial charge in [0, 0.05) is 0 Å². The highest BCUT2D eigenvalue weighted by molar-refractivity contribution is 5.88. The van der Waals surface area contributed by atoms with Crippen molar-refractivity contribution in [1.29, 1.82) is 0 Å². The summed E-state index contributed by atoms with van der Waals surface area (Å²) in [6, 6.07) is 5.08. The fourth-order valence-electron chi connectivity index (χ4n) is 1.59. The maximum atomic E-state index is 13.4. The van der Waals surface area contributed by atoms with Gasteiger partial charge in [-0.1, -0.05) is 0 Å². The van der Waals surface area contributed by atoms with E-state index in [0.717, 1.165) is 0 Å². The van der Waals surface area contributed by atoms with Crippen LogP contribution in [0.4, 0.5) is 27.6 Å². The number of hydrazone groups is 1. The van der Waals surface area contributed by atoms with Gasteiger partial charge in [0.15, 0.2) is 23.3 Å². The Hall–Kier alpha value is -2.97. The molecular formula is C14H7F5N2O2. The molecule has 0 saturated carbocycles. The lowest BCUT2D eigenvalue weighted by Gasteiger charge is -2.04. The first-order chi connectivity index (χ1) is 10.8. The predicted molar refractivity (Wildman–Crippen MR) is 70.8 cm³/mol. The molecule has 2 aromatic rings. The van der Waals surface area contributed by atoms with E-state index in [0.29, 0.717) is 6.21 Å². The largest absolute Gasteiger partial charge is 0.478 e. The van der Waals surface area contributed by atoms with E-state index < -0.39 is 40.6 Å². The van der Waals surface area contributed by atoms with Crippen molar-refractivity contribution in [2.45, 2.75) is 0 Å². The van der Waals surface area contributed by atoms with Gasteiger partial charge in [0.05, 0.1) is 23.0 Å². The molecular weight excluding hydrogens is 323 g/mol. The summed E-state index contributed by atoms with van der Waals surface area (Å²) in [5, 5.41) is 12.1. The Morgan fingerprint density at radius 1 is 0.913 bits per heavy atom. The summed E-state index contributed by atoms with van der Waals surface area (Å²) in [6.45, 7) is 0. The van der Waals surface area contributed by atoms with Gasteiger partial charge in [0.2, 0.25) is 5.82 Å². The highest BCUT2D eigenvalue weighted by Gasteiger charge is 2.24. The number of benzene rings is 2. The molecule has 0 aliphatic rings. The first-order valence-corrected chi connectivity index (χ1v) is 5.96. The summed E-state index contributed by atoms with van der Waals surface area (Å²) >= 11 is 0. The molecule has 2 N–H and O–H groups in total. The second kappa shape index (κ2) is 6.42. The number of hydrogen-bond donors (Lipinski definition) is 2. The third-order valence-electron chi connectivity index (χ3n) is 2.76. The fourth-order valence-corrected chi connectivity index (χ4v) is 1.59. The Kier molecular flexibility index (Phi) is 4.58. The molecule has 0 fully saturated rings. The van der Waals surface area contributed by atoms with Crippen molar-refractivity contribution in [1.82, 2.24) is 0 Å². The van der Waals surface area contributed by atoms with Crippen LogP contribution in [-0.4, -0.2) is 17.3 Å². The first kappa shape index (κ1) is 16.4. The van der Waals surface area contributed by atoms with Crippen LogP contribution < -0.4 is 5.43 Å². The summed E-state index contributed by atoms with van der Waals surface area (Å²) in [4.78, 5) is 10.6. The van der Waals surface area contributed by atoms with E-state index >= 15 is 0 Å². The van der Waals surface area contributed by atoms with Gasteiger partial charge in [0.25, 0.3) is 0 Å². The Morgan fingerprint density at radius 2 is 1.39 bits per heavy atom. The Labute approximate surface area is 125 Å². The molecule has 0 aliphatic carbocycles. The number of carbonyl (C=O) groups is 1. The summed E-state index contributed by atoms with van der Waals surface area (Å²) in [5.41, 5.74) is 1.32. The molecule has 9 heteroatoms. The van der Waals surface area contributed by atoms with Crippen molar-refractivity contribution in [2.24, 2.45) is 5.10 Å². The molecule has 0 aliphatic heterocycles. The molecule has 0 aromatic heterocycles. The van der Waals surface area contributed by atoms with Crippen molar-refractivity contribution in [2.75, 3.05) is 5.43 Å². The van der Waals surface area contributed by atoms with Crippen molar-refractivity contribution in [3.63, 3.8) is 0 Å². The second-order valence-electron chi connectivity index (χ2n) is 4.24. The van der Waals surface area contributed by atoms with E-state index in [4.69, 9.17) is 5.11 Å². The highest BCUT2D eigenvalue weighted by atomic mass is 19.2. The zero-order valence-electron chi connectivity index (χ0n) is 11.1. The van der Waals surface area contributed by atoms with Crippen molar-refractivity contribution in [3.8, 4) is 0 Å². The predicted octanol–water partition coefficient (Wildman–Crippen LogP) is 3.53. The SMILES string of the molecule is O=C(O)c1ccc(NN=Cc2c(F)c(F)c(F)c(F)c2F)cc1. The number of carboxylic acids is 1. The van der Waals surface area contributed by atoms with Crippen molar-refractivity contribution >= 4 is 17.9 Å². The molecule has 0 atom stereocenters. The number of rotatable bonds is 4. The van der Waals surface area contributed by atoms with Crippen LogP contribution in [0.25, 0.3) is 0 Å². The van der Waals surface area contributed by atoms with Gasteiger partial charge in [0.1, 0.15) is 0 Å². The normalized spacial score (nSPS) is 11.0. The molecule has 2 rings (SSSR count).